The Morgan fingerprint density at radius 2 is 1.94 bits per heavy atom. The van der Waals surface area contributed by atoms with Gasteiger partial charge in [-0.25, -0.2) is 0 Å². The topological polar surface area (TPSA) is 93.1 Å². The van der Waals surface area contributed by atoms with E-state index in [-0.39, 0.29) is 46.8 Å². The zero-order valence-corrected chi connectivity index (χ0v) is 20.4. The lowest BCUT2D eigenvalue weighted by atomic mass is 9.46. The Balaban J connectivity index is 1.37. The normalized spacial score (nSPS) is 50.2. The summed E-state index contributed by atoms with van der Waals surface area (Å²) in [4.78, 5) is 25.6. The fourth-order valence-corrected chi connectivity index (χ4v) is 9.33. The van der Waals surface area contributed by atoms with Gasteiger partial charge in [0.15, 0.2) is 23.5 Å². The Kier molecular flexibility index (Phi) is 5.31. The maximum Gasteiger partial charge on any atom is 0.193 e. The summed E-state index contributed by atoms with van der Waals surface area (Å²) < 4.78 is 13.3. The minimum absolute atomic E-state index is 0.0100. The minimum atomic E-state index is -1.20. The first-order chi connectivity index (χ1) is 16.2. The number of hydrogen-bond donors (Lipinski definition) is 2. The zero-order valence-electron chi connectivity index (χ0n) is 20.4. The monoisotopic (exact) mass is 470 g/mol. The van der Waals surface area contributed by atoms with Crippen molar-refractivity contribution in [1.82, 2.24) is 0 Å². The van der Waals surface area contributed by atoms with Crippen molar-refractivity contribution in [2.45, 2.75) is 95.7 Å². The average molecular weight is 471 g/mol. The van der Waals surface area contributed by atoms with Crippen LogP contribution in [0, 0.1) is 34.5 Å². The molecule has 2 N–H and O–H groups in total. The Morgan fingerprint density at radius 1 is 1.18 bits per heavy atom. The number of fused-ring (bicyclic) bond motifs is 7. The lowest BCUT2D eigenvalue weighted by Crippen LogP contribution is -2.63. The van der Waals surface area contributed by atoms with E-state index in [0.717, 1.165) is 50.5 Å². The van der Waals surface area contributed by atoms with Crippen LogP contribution in [0.5, 0.6) is 0 Å². The van der Waals surface area contributed by atoms with Crippen LogP contribution in [0.25, 0.3) is 0 Å². The molecule has 9 atom stereocenters. The van der Waals surface area contributed by atoms with Crippen LogP contribution in [0.3, 0.4) is 0 Å². The summed E-state index contributed by atoms with van der Waals surface area (Å²) in [6.45, 7) is 3.69. The van der Waals surface area contributed by atoms with Crippen LogP contribution in [0.1, 0.15) is 71.6 Å². The lowest BCUT2D eigenvalue weighted by Gasteiger charge is -2.59. The van der Waals surface area contributed by atoms with Crippen LogP contribution in [0.15, 0.2) is 23.8 Å². The first kappa shape index (κ1) is 23.1. The van der Waals surface area contributed by atoms with E-state index in [1.54, 1.807) is 12.2 Å². The molecule has 34 heavy (non-hydrogen) atoms. The van der Waals surface area contributed by atoms with Crippen molar-refractivity contribution in [3.63, 3.8) is 0 Å². The van der Waals surface area contributed by atoms with Crippen molar-refractivity contribution in [2.24, 2.45) is 34.5 Å². The van der Waals surface area contributed by atoms with Gasteiger partial charge in [0.2, 0.25) is 0 Å². The third-order valence-corrected chi connectivity index (χ3v) is 10.8. The number of ether oxygens (including phenoxy) is 2. The Morgan fingerprint density at radius 3 is 2.68 bits per heavy atom. The van der Waals surface area contributed by atoms with E-state index in [2.05, 4.69) is 13.8 Å². The molecule has 186 valence electrons. The molecule has 6 nitrogen and oxygen atoms in total. The maximum absolute atomic E-state index is 13.5. The molecule has 1 aliphatic heterocycles. The number of rotatable bonds is 3. The van der Waals surface area contributed by atoms with E-state index in [1.165, 1.54) is 6.42 Å². The van der Waals surface area contributed by atoms with E-state index in [9.17, 15) is 19.8 Å². The molecule has 6 rings (SSSR count). The van der Waals surface area contributed by atoms with E-state index in [1.807, 2.05) is 6.08 Å². The fourth-order valence-electron chi connectivity index (χ4n) is 9.33. The number of ketones is 2. The molecular formula is C28H38O6. The van der Waals surface area contributed by atoms with Gasteiger partial charge in [0, 0.05) is 22.7 Å². The largest absolute Gasteiger partial charge is 0.393 e. The minimum Gasteiger partial charge on any atom is -0.393 e. The van der Waals surface area contributed by atoms with Gasteiger partial charge in [0.1, 0.15) is 6.61 Å². The second kappa shape index (κ2) is 7.83. The summed E-state index contributed by atoms with van der Waals surface area (Å²) >= 11 is 0. The molecular weight excluding hydrogens is 432 g/mol. The lowest BCUT2D eigenvalue weighted by molar-refractivity contribution is -0.209. The van der Waals surface area contributed by atoms with Gasteiger partial charge in [-0.15, -0.1) is 0 Å². The molecule has 0 aromatic carbocycles. The fraction of sp³-hybridized carbons (Fsp3) is 0.786. The van der Waals surface area contributed by atoms with Crippen LogP contribution < -0.4 is 0 Å². The number of allylic oxidation sites excluding steroid dienone is 4. The van der Waals surface area contributed by atoms with Gasteiger partial charge in [-0.05, 0) is 62.5 Å². The summed E-state index contributed by atoms with van der Waals surface area (Å²) in [5.74, 6) is 0.360. The third kappa shape index (κ3) is 2.89. The molecule has 0 bridgehead atoms. The predicted octanol–water partition coefficient (Wildman–Crippen LogP) is 3.50. The number of aliphatic hydroxyl groups excluding tert-OH is 2. The third-order valence-electron chi connectivity index (χ3n) is 10.8. The molecule has 5 aliphatic carbocycles. The van der Waals surface area contributed by atoms with Crippen LogP contribution in [0.2, 0.25) is 0 Å². The smallest absolute Gasteiger partial charge is 0.193 e. The standard InChI is InChI=1S/C28H38O6/c1-26-11-10-18(30)12-17(26)8-9-19-20-13-23-28(22(32)15-29,27(20,2)14-21(31)24(19)26)34-25(33-23)16-6-4-3-5-7-16/h10-12,16,19-21,23-25,29,31H,3-9,13-15H2,1-2H3/t19-,20-,21-,23-,24+,25?,26-,27-,28+/m0/s1. The molecule has 0 aromatic rings. The van der Waals surface area contributed by atoms with Gasteiger partial charge in [0.25, 0.3) is 0 Å². The first-order valence-electron chi connectivity index (χ1n) is 13.3. The Bertz CT molecular complexity index is 949. The average Bonchev–Trinajstić information content (AvgIpc) is 3.32. The van der Waals surface area contributed by atoms with Crippen molar-refractivity contribution in [3.05, 3.63) is 23.8 Å². The highest BCUT2D eigenvalue weighted by Crippen LogP contribution is 2.70. The zero-order chi connectivity index (χ0) is 23.9. The van der Waals surface area contributed by atoms with Crippen molar-refractivity contribution >= 4 is 11.6 Å². The number of carbonyl (C=O) groups excluding carboxylic acids is 2. The second-order valence-corrected chi connectivity index (χ2v) is 12.3. The van der Waals surface area contributed by atoms with Gasteiger partial charge in [0.05, 0.1) is 12.2 Å². The molecule has 4 saturated carbocycles. The molecule has 0 aromatic heterocycles. The number of carbonyl (C=O) groups is 2. The highest BCUT2D eigenvalue weighted by molar-refractivity contribution is 6.01. The summed E-state index contributed by atoms with van der Waals surface area (Å²) in [5.41, 5.74) is -1.04. The van der Waals surface area contributed by atoms with Gasteiger partial charge >= 0.3 is 0 Å². The van der Waals surface area contributed by atoms with Gasteiger partial charge in [-0.1, -0.05) is 44.8 Å². The highest BCUT2D eigenvalue weighted by atomic mass is 16.7. The summed E-state index contributed by atoms with van der Waals surface area (Å²) in [6, 6.07) is 0. The number of hydrogen-bond acceptors (Lipinski definition) is 6. The van der Waals surface area contributed by atoms with E-state index < -0.39 is 30.0 Å². The summed E-state index contributed by atoms with van der Waals surface area (Å²) in [6.07, 6.45) is 12.5. The SMILES string of the molecule is C[C@]12C=CC(=O)C=C1CC[C@@H]1[C@@H]2[C@@H](O)C[C@@]2(C)[C@H]1C[C@@H]1OC(C3CCCCC3)O[C@]12C(=O)CO. The van der Waals surface area contributed by atoms with E-state index in [0.29, 0.717) is 6.42 Å². The summed E-state index contributed by atoms with van der Waals surface area (Å²) in [5, 5.41) is 21.7. The van der Waals surface area contributed by atoms with Crippen LogP contribution in [-0.2, 0) is 19.1 Å². The van der Waals surface area contributed by atoms with Crippen molar-refractivity contribution in [1.29, 1.82) is 0 Å². The molecule has 6 aliphatic rings. The molecule has 0 amide bonds. The van der Waals surface area contributed by atoms with Gasteiger partial charge in [-0.3, -0.25) is 9.59 Å². The quantitative estimate of drug-likeness (QED) is 0.656. The molecule has 0 spiro atoms. The van der Waals surface area contributed by atoms with Gasteiger partial charge in [-0.2, -0.15) is 0 Å². The Labute approximate surface area is 201 Å². The highest BCUT2D eigenvalue weighted by Gasteiger charge is 2.76. The van der Waals surface area contributed by atoms with Crippen molar-refractivity contribution in [3.8, 4) is 0 Å². The predicted molar refractivity (Wildman–Crippen MR) is 125 cm³/mol. The molecule has 1 saturated heterocycles. The maximum atomic E-state index is 13.5. The van der Waals surface area contributed by atoms with E-state index in [4.69, 9.17) is 9.47 Å². The van der Waals surface area contributed by atoms with Crippen LogP contribution in [0.4, 0.5) is 0 Å². The molecule has 1 heterocycles. The number of aliphatic hydroxyl groups is 2. The molecule has 6 heteroatoms. The Hall–Kier alpha value is -1.34. The molecule has 5 fully saturated rings. The van der Waals surface area contributed by atoms with Crippen molar-refractivity contribution in [2.75, 3.05) is 6.61 Å². The number of Topliss-reactive ketones (excluding diaryl/α,β-unsaturated/α-hetero) is 1. The van der Waals surface area contributed by atoms with Crippen LogP contribution in [-0.4, -0.2) is 52.5 Å². The van der Waals surface area contributed by atoms with Gasteiger partial charge < -0.3 is 19.7 Å². The molecule has 1 unspecified atom stereocenters. The van der Waals surface area contributed by atoms with Crippen molar-refractivity contribution < 1.29 is 29.3 Å². The van der Waals surface area contributed by atoms with E-state index >= 15 is 0 Å². The second-order valence-electron chi connectivity index (χ2n) is 12.3. The first-order valence-corrected chi connectivity index (χ1v) is 13.3. The summed E-state index contributed by atoms with van der Waals surface area (Å²) in [7, 11) is 0. The van der Waals surface area contributed by atoms with Crippen LogP contribution >= 0.6 is 0 Å². The molecule has 0 radical (unpaired) electrons.